The number of carbonyl (C=O) groups is 1. The molecule has 0 aliphatic heterocycles. The summed E-state index contributed by atoms with van der Waals surface area (Å²) in [5.74, 6) is 0.416. The lowest BCUT2D eigenvalue weighted by Gasteiger charge is -2.35. The Morgan fingerprint density at radius 3 is 2.71 bits per heavy atom. The number of unbranched alkanes of at least 4 members (excludes halogenated alkanes) is 1. The number of benzene rings is 1. The van der Waals surface area contributed by atoms with Gasteiger partial charge in [0.25, 0.3) is 0 Å². The highest BCUT2D eigenvalue weighted by Gasteiger charge is 2.38. The van der Waals surface area contributed by atoms with Crippen molar-refractivity contribution in [1.82, 2.24) is 0 Å². The maximum absolute atomic E-state index is 11.5. The average molecular weight is 290 g/mol. The van der Waals surface area contributed by atoms with E-state index in [1.807, 2.05) is 12.1 Å². The van der Waals surface area contributed by atoms with Crippen molar-refractivity contribution in [3.8, 4) is 5.75 Å². The third kappa shape index (κ3) is 4.21. The van der Waals surface area contributed by atoms with Crippen LogP contribution < -0.4 is 16.2 Å². The molecule has 0 aromatic heterocycles. The van der Waals surface area contributed by atoms with Crippen LogP contribution in [0, 0.1) is 0 Å². The highest BCUT2D eigenvalue weighted by Crippen LogP contribution is 2.29. The molecule has 1 aromatic carbocycles. The van der Waals surface area contributed by atoms with Crippen LogP contribution in [-0.2, 0) is 11.2 Å². The van der Waals surface area contributed by atoms with Gasteiger partial charge in [0.2, 0.25) is 5.91 Å². The van der Waals surface area contributed by atoms with Crippen LogP contribution in [-0.4, -0.2) is 17.6 Å². The molecule has 0 saturated heterocycles. The van der Waals surface area contributed by atoms with Crippen molar-refractivity contribution in [2.24, 2.45) is 11.5 Å². The summed E-state index contributed by atoms with van der Waals surface area (Å²) in [6.45, 7) is 2.19. The molecule has 1 saturated carbocycles. The minimum absolute atomic E-state index is 0.0299. The molecule has 2 unspecified atom stereocenters. The van der Waals surface area contributed by atoms with Crippen molar-refractivity contribution < 1.29 is 9.53 Å². The second-order valence-electron chi connectivity index (χ2n) is 6.10. The summed E-state index contributed by atoms with van der Waals surface area (Å²) in [5, 5.41) is 0. The Morgan fingerprint density at radius 2 is 2.10 bits per heavy atom. The fraction of sp³-hybridized carbons (Fsp3) is 0.588. The van der Waals surface area contributed by atoms with Gasteiger partial charge in [-0.1, -0.05) is 25.5 Å². The summed E-state index contributed by atoms with van der Waals surface area (Å²) in [6.07, 6.45) is 6.43. The van der Waals surface area contributed by atoms with E-state index in [-0.39, 0.29) is 6.10 Å². The maximum atomic E-state index is 11.5. The van der Waals surface area contributed by atoms with Crippen LogP contribution in [0.3, 0.4) is 0 Å². The van der Waals surface area contributed by atoms with Crippen molar-refractivity contribution in [3.63, 3.8) is 0 Å². The molecule has 4 N–H and O–H groups in total. The third-order valence-electron chi connectivity index (χ3n) is 4.28. The summed E-state index contributed by atoms with van der Waals surface area (Å²) < 4.78 is 5.97. The van der Waals surface area contributed by atoms with E-state index in [0.29, 0.717) is 12.8 Å². The van der Waals surface area contributed by atoms with Gasteiger partial charge in [-0.25, -0.2) is 0 Å². The number of hydrogen-bond acceptors (Lipinski definition) is 3. The largest absolute Gasteiger partial charge is 0.490 e. The van der Waals surface area contributed by atoms with E-state index in [4.69, 9.17) is 16.2 Å². The van der Waals surface area contributed by atoms with Crippen LogP contribution >= 0.6 is 0 Å². The standard InChI is InChI=1S/C17H26N2O2/c1-2-3-5-13-7-9-14(10-8-13)21-15-6-4-11-17(19,12-15)16(18)20/h7-10,15H,2-6,11-12,19H2,1H3,(H2,18,20). The Bertz CT molecular complexity index is 472. The van der Waals surface area contributed by atoms with E-state index in [1.54, 1.807) is 0 Å². The molecule has 2 rings (SSSR count). The predicted molar refractivity (Wildman–Crippen MR) is 84.1 cm³/mol. The molecule has 2 atom stereocenters. The molecule has 116 valence electrons. The molecular weight excluding hydrogens is 264 g/mol. The predicted octanol–water partition coefficient (Wildman–Crippen LogP) is 2.53. The molecule has 1 aliphatic rings. The number of amides is 1. The molecule has 0 spiro atoms. The first kappa shape index (κ1) is 15.8. The Balaban J connectivity index is 1.93. The summed E-state index contributed by atoms with van der Waals surface area (Å²) >= 11 is 0. The van der Waals surface area contributed by atoms with Gasteiger partial charge in [-0.15, -0.1) is 0 Å². The Hall–Kier alpha value is -1.55. The lowest BCUT2D eigenvalue weighted by atomic mass is 9.80. The molecular formula is C17H26N2O2. The molecule has 0 heterocycles. The van der Waals surface area contributed by atoms with E-state index in [1.165, 1.54) is 18.4 Å². The van der Waals surface area contributed by atoms with E-state index in [9.17, 15) is 4.79 Å². The molecule has 4 heteroatoms. The zero-order valence-electron chi connectivity index (χ0n) is 12.8. The van der Waals surface area contributed by atoms with Gasteiger partial charge in [-0.05, 0) is 49.8 Å². The number of primary amides is 1. The molecule has 1 aliphatic carbocycles. The molecule has 4 nitrogen and oxygen atoms in total. The van der Waals surface area contributed by atoms with Crippen molar-refractivity contribution in [3.05, 3.63) is 29.8 Å². The van der Waals surface area contributed by atoms with Gasteiger partial charge >= 0.3 is 0 Å². The van der Waals surface area contributed by atoms with Gasteiger partial charge < -0.3 is 16.2 Å². The fourth-order valence-corrected chi connectivity index (χ4v) is 2.89. The summed E-state index contributed by atoms with van der Waals surface area (Å²) in [6, 6.07) is 8.22. The topological polar surface area (TPSA) is 78.3 Å². The summed E-state index contributed by atoms with van der Waals surface area (Å²) in [5.41, 5.74) is 11.9. The highest BCUT2D eigenvalue weighted by atomic mass is 16.5. The van der Waals surface area contributed by atoms with Gasteiger partial charge in [0.15, 0.2) is 0 Å². The molecule has 0 radical (unpaired) electrons. The van der Waals surface area contributed by atoms with Crippen LogP contribution in [0.4, 0.5) is 0 Å². The van der Waals surface area contributed by atoms with Crippen molar-refractivity contribution >= 4 is 5.91 Å². The van der Waals surface area contributed by atoms with Gasteiger partial charge in [0.05, 0.1) is 5.54 Å². The second-order valence-corrected chi connectivity index (χ2v) is 6.10. The minimum atomic E-state index is -0.913. The van der Waals surface area contributed by atoms with Crippen molar-refractivity contribution in [2.45, 2.75) is 63.5 Å². The number of rotatable bonds is 6. The van der Waals surface area contributed by atoms with Gasteiger partial charge in [0, 0.05) is 6.42 Å². The molecule has 1 fully saturated rings. The van der Waals surface area contributed by atoms with E-state index >= 15 is 0 Å². The maximum Gasteiger partial charge on any atom is 0.237 e. The van der Waals surface area contributed by atoms with Gasteiger partial charge in [0.1, 0.15) is 11.9 Å². The fourth-order valence-electron chi connectivity index (χ4n) is 2.89. The Kier molecular flexibility index (Phi) is 5.23. The number of carbonyl (C=O) groups excluding carboxylic acids is 1. The quantitative estimate of drug-likeness (QED) is 0.845. The zero-order valence-corrected chi connectivity index (χ0v) is 12.8. The lowest BCUT2D eigenvalue weighted by molar-refractivity contribution is -0.125. The first-order valence-corrected chi connectivity index (χ1v) is 7.88. The van der Waals surface area contributed by atoms with Gasteiger partial charge in [-0.2, -0.15) is 0 Å². The normalized spacial score (nSPS) is 25.5. The van der Waals surface area contributed by atoms with Crippen LogP contribution in [0.15, 0.2) is 24.3 Å². The van der Waals surface area contributed by atoms with Crippen LogP contribution in [0.2, 0.25) is 0 Å². The number of nitrogens with two attached hydrogens (primary N) is 2. The lowest BCUT2D eigenvalue weighted by Crippen LogP contribution is -2.56. The van der Waals surface area contributed by atoms with Crippen LogP contribution in [0.25, 0.3) is 0 Å². The first-order valence-electron chi connectivity index (χ1n) is 7.88. The monoisotopic (exact) mass is 290 g/mol. The van der Waals surface area contributed by atoms with Crippen molar-refractivity contribution in [2.75, 3.05) is 0 Å². The average Bonchev–Trinajstić information content (AvgIpc) is 2.46. The molecule has 1 amide bonds. The summed E-state index contributed by atoms with van der Waals surface area (Å²) in [7, 11) is 0. The number of aryl methyl sites for hydroxylation is 1. The van der Waals surface area contributed by atoms with E-state index in [0.717, 1.165) is 25.0 Å². The SMILES string of the molecule is CCCCc1ccc(OC2CCCC(N)(C(N)=O)C2)cc1. The minimum Gasteiger partial charge on any atom is -0.490 e. The molecule has 21 heavy (non-hydrogen) atoms. The summed E-state index contributed by atoms with van der Waals surface area (Å²) in [4.78, 5) is 11.5. The van der Waals surface area contributed by atoms with Gasteiger partial charge in [-0.3, -0.25) is 4.79 Å². The third-order valence-corrected chi connectivity index (χ3v) is 4.28. The zero-order chi connectivity index (χ0) is 15.3. The Labute approximate surface area is 126 Å². The number of ether oxygens (including phenoxy) is 1. The first-order chi connectivity index (χ1) is 10.0. The molecule has 1 aromatic rings. The van der Waals surface area contributed by atoms with Crippen LogP contribution in [0.1, 0.15) is 51.0 Å². The van der Waals surface area contributed by atoms with Crippen LogP contribution in [0.5, 0.6) is 5.75 Å². The highest BCUT2D eigenvalue weighted by molar-refractivity contribution is 5.84. The van der Waals surface area contributed by atoms with E-state index < -0.39 is 11.4 Å². The van der Waals surface area contributed by atoms with Crippen molar-refractivity contribution in [1.29, 1.82) is 0 Å². The second kappa shape index (κ2) is 6.94. The number of hydrogen-bond donors (Lipinski definition) is 2. The molecule has 0 bridgehead atoms. The smallest absolute Gasteiger partial charge is 0.237 e. The Morgan fingerprint density at radius 1 is 1.38 bits per heavy atom. The van der Waals surface area contributed by atoms with E-state index in [2.05, 4.69) is 19.1 Å².